The molecule has 4 atom stereocenters. The van der Waals surface area contributed by atoms with Crippen molar-refractivity contribution in [2.24, 2.45) is 5.92 Å². The molecule has 0 aliphatic carbocycles. The number of carbonyl (C=O) groups excluding carboxylic acids is 3. The Morgan fingerprint density at radius 3 is 1.97 bits per heavy atom. The van der Waals surface area contributed by atoms with Gasteiger partial charge in [0.2, 0.25) is 5.91 Å². The van der Waals surface area contributed by atoms with Crippen molar-refractivity contribution in [3.8, 4) is 0 Å². The predicted octanol–water partition coefficient (Wildman–Crippen LogP) is 3.98. The molecule has 0 aliphatic heterocycles. The zero-order valence-corrected chi connectivity index (χ0v) is 22.7. The van der Waals surface area contributed by atoms with Crippen molar-refractivity contribution >= 4 is 18.0 Å². The fraction of sp³-hybridized carbons (Fsp3) is 0.483. The number of carbonyl (C=O) groups is 3. The van der Waals surface area contributed by atoms with Crippen LogP contribution in [-0.4, -0.2) is 48.8 Å². The Morgan fingerprint density at radius 2 is 1.46 bits per heavy atom. The lowest BCUT2D eigenvalue weighted by atomic mass is 9.94. The van der Waals surface area contributed by atoms with Crippen LogP contribution in [0.1, 0.15) is 52.2 Å². The summed E-state index contributed by atoms with van der Waals surface area (Å²) in [7, 11) is 1.32. The van der Waals surface area contributed by atoms with E-state index in [-0.39, 0.29) is 11.8 Å². The van der Waals surface area contributed by atoms with E-state index in [9.17, 15) is 14.4 Å². The first-order chi connectivity index (χ1) is 17.5. The molecule has 8 nitrogen and oxygen atoms in total. The third-order valence-electron chi connectivity index (χ3n) is 6.02. The third-order valence-corrected chi connectivity index (χ3v) is 6.02. The summed E-state index contributed by atoms with van der Waals surface area (Å²) >= 11 is 0. The predicted molar refractivity (Wildman–Crippen MR) is 144 cm³/mol. The maximum Gasteiger partial charge on any atom is 0.407 e. The number of esters is 1. The molecule has 0 bridgehead atoms. The maximum atomic E-state index is 13.7. The van der Waals surface area contributed by atoms with Gasteiger partial charge in [0.15, 0.2) is 0 Å². The minimum atomic E-state index is -0.950. The second-order valence-corrected chi connectivity index (χ2v) is 10.2. The molecule has 0 saturated heterocycles. The molecule has 2 amide bonds. The minimum Gasteiger partial charge on any atom is -0.468 e. The smallest absolute Gasteiger partial charge is 0.407 e. The van der Waals surface area contributed by atoms with Crippen molar-refractivity contribution < 1.29 is 23.9 Å². The van der Waals surface area contributed by atoms with E-state index >= 15 is 0 Å². The van der Waals surface area contributed by atoms with Gasteiger partial charge in [-0.05, 0) is 44.2 Å². The Morgan fingerprint density at radius 1 is 0.892 bits per heavy atom. The molecule has 0 saturated carbocycles. The van der Waals surface area contributed by atoms with E-state index in [4.69, 9.17) is 9.47 Å². The highest BCUT2D eigenvalue weighted by Gasteiger charge is 2.36. The lowest BCUT2D eigenvalue weighted by molar-refractivity contribution is -0.145. The lowest BCUT2D eigenvalue weighted by Crippen LogP contribution is -2.62. The van der Waals surface area contributed by atoms with Gasteiger partial charge in [-0.15, -0.1) is 0 Å². The Balaban J connectivity index is 2.42. The molecule has 0 heterocycles. The summed E-state index contributed by atoms with van der Waals surface area (Å²) in [5, 5.41) is 9.07. The van der Waals surface area contributed by atoms with Crippen molar-refractivity contribution in [1.29, 1.82) is 0 Å². The van der Waals surface area contributed by atoms with Gasteiger partial charge in [-0.2, -0.15) is 0 Å². The number of hydrogen-bond donors (Lipinski definition) is 3. The molecule has 3 N–H and O–H groups in total. The fourth-order valence-electron chi connectivity index (χ4n) is 3.87. The highest BCUT2D eigenvalue weighted by Crippen LogP contribution is 2.15. The van der Waals surface area contributed by atoms with Gasteiger partial charge in [0, 0.05) is 6.54 Å². The standard InChI is InChI=1S/C29H41N3O5/c1-7-20(2)24(27(34)36-6)32-25(26(33)30-19-22-16-12-9-13-17-22)23(18-21-14-10-8-11-15-21)31-28(35)37-29(3,4)5/h8-17,20,23-25,32H,7,18-19H2,1-6H3,(H,30,33)(H,31,35)/t20-,23-,24-,25?/m0/s1. The van der Waals surface area contributed by atoms with Crippen LogP contribution in [-0.2, 0) is 32.0 Å². The Hall–Kier alpha value is -3.39. The number of rotatable bonds is 12. The summed E-state index contributed by atoms with van der Waals surface area (Å²) in [6.45, 7) is 9.51. The van der Waals surface area contributed by atoms with Gasteiger partial charge in [0.05, 0.1) is 13.2 Å². The minimum absolute atomic E-state index is 0.115. The summed E-state index contributed by atoms with van der Waals surface area (Å²) in [4.78, 5) is 39.2. The van der Waals surface area contributed by atoms with E-state index in [0.29, 0.717) is 19.4 Å². The highest BCUT2D eigenvalue weighted by atomic mass is 16.6. The van der Waals surface area contributed by atoms with Gasteiger partial charge in [-0.3, -0.25) is 14.9 Å². The molecule has 2 aromatic rings. The number of alkyl carbamates (subject to hydrolysis) is 1. The quantitative estimate of drug-likeness (QED) is 0.372. The number of amides is 2. The van der Waals surface area contributed by atoms with Crippen molar-refractivity contribution in [2.45, 2.75) is 77.7 Å². The highest BCUT2D eigenvalue weighted by molar-refractivity contribution is 5.85. The fourth-order valence-corrected chi connectivity index (χ4v) is 3.87. The normalized spacial score (nSPS) is 14.5. The zero-order chi connectivity index (χ0) is 27.4. The molecule has 0 radical (unpaired) electrons. The number of ether oxygens (including phenoxy) is 2. The van der Waals surface area contributed by atoms with E-state index in [1.54, 1.807) is 20.8 Å². The van der Waals surface area contributed by atoms with Gasteiger partial charge in [0.1, 0.15) is 17.7 Å². The van der Waals surface area contributed by atoms with E-state index in [0.717, 1.165) is 11.1 Å². The molecule has 8 heteroatoms. The molecule has 2 rings (SSSR count). The van der Waals surface area contributed by atoms with Gasteiger partial charge in [-0.1, -0.05) is 80.9 Å². The first kappa shape index (κ1) is 29.8. The van der Waals surface area contributed by atoms with Crippen molar-refractivity contribution in [3.05, 3.63) is 71.8 Å². The molecule has 1 unspecified atom stereocenters. The molecular weight excluding hydrogens is 470 g/mol. The summed E-state index contributed by atoms with van der Waals surface area (Å²) in [6.07, 6.45) is 0.382. The van der Waals surface area contributed by atoms with Gasteiger partial charge < -0.3 is 20.1 Å². The average Bonchev–Trinajstić information content (AvgIpc) is 2.87. The molecule has 2 aromatic carbocycles. The zero-order valence-electron chi connectivity index (χ0n) is 22.7. The van der Waals surface area contributed by atoms with Crippen LogP contribution < -0.4 is 16.0 Å². The molecule has 202 valence electrons. The maximum absolute atomic E-state index is 13.7. The van der Waals surface area contributed by atoms with Crippen LogP contribution in [0.4, 0.5) is 4.79 Å². The molecule has 37 heavy (non-hydrogen) atoms. The van der Waals surface area contributed by atoms with Gasteiger partial charge in [0.25, 0.3) is 0 Å². The Kier molecular flexibility index (Phi) is 11.6. The number of nitrogens with one attached hydrogen (secondary N) is 3. The number of hydrogen-bond acceptors (Lipinski definition) is 6. The SMILES string of the molecule is CC[C@H](C)[C@H](NC(C(=O)NCc1ccccc1)[C@H](Cc1ccccc1)NC(=O)OC(C)(C)C)C(=O)OC. The Bertz CT molecular complexity index is 992. The van der Waals surface area contributed by atoms with E-state index in [2.05, 4.69) is 16.0 Å². The summed E-state index contributed by atoms with van der Waals surface area (Å²) in [5.74, 6) is -0.931. The van der Waals surface area contributed by atoms with Crippen LogP contribution >= 0.6 is 0 Å². The van der Waals surface area contributed by atoms with Crippen molar-refractivity contribution in [3.63, 3.8) is 0 Å². The average molecular weight is 512 g/mol. The van der Waals surface area contributed by atoms with Crippen LogP contribution in [0.5, 0.6) is 0 Å². The van der Waals surface area contributed by atoms with Crippen LogP contribution in [0, 0.1) is 5.92 Å². The first-order valence-electron chi connectivity index (χ1n) is 12.7. The topological polar surface area (TPSA) is 106 Å². The van der Waals surface area contributed by atoms with Crippen LogP contribution in [0.25, 0.3) is 0 Å². The molecule has 0 aromatic heterocycles. The molecule has 0 fully saturated rings. The van der Waals surface area contributed by atoms with E-state index in [1.165, 1.54) is 7.11 Å². The monoisotopic (exact) mass is 511 g/mol. The van der Waals surface area contributed by atoms with Crippen LogP contribution in [0.3, 0.4) is 0 Å². The Labute approximate surface area is 220 Å². The second-order valence-electron chi connectivity index (χ2n) is 10.2. The number of methoxy groups -OCH3 is 1. The lowest BCUT2D eigenvalue weighted by Gasteiger charge is -2.33. The first-order valence-corrected chi connectivity index (χ1v) is 12.7. The third kappa shape index (κ3) is 10.2. The molecular formula is C29H41N3O5. The van der Waals surface area contributed by atoms with Crippen molar-refractivity contribution in [1.82, 2.24) is 16.0 Å². The van der Waals surface area contributed by atoms with E-state index < -0.39 is 35.8 Å². The van der Waals surface area contributed by atoms with Crippen molar-refractivity contribution in [2.75, 3.05) is 7.11 Å². The number of benzene rings is 2. The molecule has 0 aliphatic rings. The second kappa shape index (κ2) is 14.4. The van der Waals surface area contributed by atoms with E-state index in [1.807, 2.05) is 74.5 Å². The van der Waals surface area contributed by atoms with Crippen LogP contribution in [0.15, 0.2) is 60.7 Å². The van der Waals surface area contributed by atoms with Crippen LogP contribution in [0.2, 0.25) is 0 Å². The van der Waals surface area contributed by atoms with Gasteiger partial charge >= 0.3 is 12.1 Å². The van der Waals surface area contributed by atoms with Gasteiger partial charge in [-0.25, -0.2) is 4.79 Å². The largest absolute Gasteiger partial charge is 0.468 e. The summed E-state index contributed by atoms with van der Waals surface area (Å²) in [5.41, 5.74) is 1.13. The summed E-state index contributed by atoms with van der Waals surface area (Å²) < 4.78 is 10.6. The summed E-state index contributed by atoms with van der Waals surface area (Å²) in [6, 6.07) is 16.7. The molecule has 0 spiro atoms.